The summed E-state index contributed by atoms with van der Waals surface area (Å²) >= 11 is 0. The molecule has 0 spiro atoms. The van der Waals surface area contributed by atoms with Gasteiger partial charge in [-0.05, 0) is 5.56 Å². The lowest BCUT2D eigenvalue weighted by Gasteiger charge is -2.09. The number of nitro benzene ring substituents is 1. The molecule has 1 aliphatic carbocycles. The summed E-state index contributed by atoms with van der Waals surface area (Å²) in [6.45, 7) is 0. The number of benzene rings is 1. The zero-order valence-corrected chi connectivity index (χ0v) is 12.5. The van der Waals surface area contributed by atoms with E-state index >= 15 is 0 Å². The minimum atomic E-state index is -1.96. The lowest BCUT2D eigenvalue weighted by molar-refractivity contribution is -0.384. The van der Waals surface area contributed by atoms with E-state index in [4.69, 9.17) is 16.3 Å². The van der Waals surface area contributed by atoms with Crippen LogP contribution in [0.25, 0.3) is 0 Å². The summed E-state index contributed by atoms with van der Waals surface area (Å²) in [5, 5.41) is 57.6. The Morgan fingerprint density at radius 3 is 2.16 bits per heavy atom. The van der Waals surface area contributed by atoms with Crippen LogP contribution >= 0.6 is 0 Å². The Labute approximate surface area is 141 Å². The first kappa shape index (κ1) is 17.0. The molecule has 1 fully saturated rings. The van der Waals surface area contributed by atoms with Gasteiger partial charge in [-0.15, -0.1) is 0 Å². The molecule has 9 nitrogen and oxygen atoms in total. The molecule has 0 bridgehead atoms. The smallest absolute Gasteiger partial charge is 0.269 e. The normalized spacial score (nSPS) is 22.0. The van der Waals surface area contributed by atoms with Crippen LogP contribution in [0.2, 0.25) is 0 Å². The van der Waals surface area contributed by atoms with E-state index in [1.54, 1.807) is 18.2 Å². The van der Waals surface area contributed by atoms with Crippen molar-refractivity contribution in [1.82, 2.24) is 0 Å². The third-order valence-corrected chi connectivity index (χ3v) is 4.27. The van der Waals surface area contributed by atoms with Gasteiger partial charge >= 0.3 is 0 Å². The van der Waals surface area contributed by atoms with Crippen LogP contribution in [0.4, 0.5) is 5.69 Å². The van der Waals surface area contributed by atoms with Crippen molar-refractivity contribution in [3.8, 4) is 30.3 Å². The second-order valence-electron chi connectivity index (χ2n) is 5.25. The highest BCUT2D eigenvalue weighted by Gasteiger charge is 2.82. The van der Waals surface area contributed by atoms with Gasteiger partial charge in [-0.1, -0.05) is 12.1 Å². The number of nitriles is 5. The van der Waals surface area contributed by atoms with Crippen molar-refractivity contribution >= 4 is 5.69 Å². The van der Waals surface area contributed by atoms with E-state index in [0.29, 0.717) is 0 Å². The van der Waals surface area contributed by atoms with Gasteiger partial charge in [-0.3, -0.25) is 10.1 Å². The second kappa shape index (κ2) is 5.67. The van der Waals surface area contributed by atoms with Crippen LogP contribution in [0.1, 0.15) is 11.5 Å². The van der Waals surface area contributed by atoms with E-state index in [1.165, 1.54) is 30.3 Å². The van der Waals surface area contributed by atoms with Gasteiger partial charge in [-0.25, -0.2) is 0 Å². The summed E-state index contributed by atoms with van der Waals surface area (Å²) in [7, 11) is 0. The fraction of sp³-hybridized carbons (Fsp3) is 0.188. The fourth-order valence-electron chi connectivity index (χ4n) is 3.05. The molecule has 2 atom stereocenters. The number of hydrogen-bond donors (Lipinski definition) is 1. The average Bonchev–Trinajstić information content (AvgIpc) is 3.26. The zero-order valence-electron chi connectivity index (χ0n) is 12.5. The topological polar surface area (TPSA) is 188 Å². The molecular weight excluding hydrogens is 322 g/mol. The fourth-order valence-corrected chi connectivity index (χ4v) is 3.05. The third-order valence-electron chi connectivity index (χ3n) is 4.27. The zero-order chi connectivity index (χ0) is 18.8. The quantitative estimate of drug-likeness (QED) is 0.490. The molecule has 9 heteroatoms. The molecule has 2 N–H and O–H groups in total. The molecule has 1 aromatic carbocycles. The maximum atomic E-state index is 11.0. The molecule has 0 heterocycles. The van der Waals surface area contributed by atoms with Gasteiger partial charge in [0.25, 0.3) is 5.69 Å². The van der Waals surface area contributed by atoms with Gasteiger partial charge in [0.2, 0.25) is 0 Å². The molecule has 0 radical (unpaired) electrons. The highest BCUT2D eigenvalue weighted by Crippen LogP contribution is 2.76. The largest absolute Gasteiger partial charge is 0.399 e. The van der Waals surface area contributed by atoms with E-state index in [-0.39, 0.29) is 11.3 Å². The maximum absolute atomic E-state index is 11.0. The van der Waals surface area contributed by atoms with E-state index in [0.717, 1.165) is 6.07 Å². The second-order valence-corrected chi connectivity index (χ2v) is 5.25. The van der Waals surface area contributed by atoms with Crippen molar-refractivity contribution < 1.29 is 4.92 Å². The molecular formula is C16H7N7O2. The summed E-state index contributed by atoms with van der Waals surface area (Å²) in [5.74, 6) is -1.13. The molecule has 25 heavy (non-hydrogen) atoms. The molecule has 0 amide bonds. The Hall–Kier alpha value is -4.39. The van der Waals surface area contributed by atoms with Gasteiger partial charge in [0, 0.05) is 18.1 Å². The Morgan fingerprint density at radius 2 is 1.72 bits per heavy atom. The summed E-state index contributed by atoms with van der Waals surface area (Å²) in [5.41, 5.74) is 0.746. The van der Waals surface area contributed by atoms with E-state index in [9.17, 15) is 25.9 Å². The number of non-ortho nitro benzene ring substituents is 1. The first-order chi connectivity index (χ1) is 11.9. The Morgan fingerprint density at radius 1 is 1.12 bits per heavy atom. The minimum absolute atomic E-state index is 0.178. The van der Waals surface area contributed by atoms with Gasteiger partial charge < -0.3 is 5.73 Å². The van der Waals surface area contributed by atoms with Crippen molar-refractivity contribution in [3.05, 3.63) is 51.2 Å². The summed E-state index contributed by atoms with van der Waals surface area (Å²) in [6, 6.07) is 13.5. The molecule has 1 aliphatic rings. The van der Waals surface area contributed by atoms with Crippen molar-refractivity contribution in [3.63, 3.8) is 0 Å². The Kier molecular flexibility index (Phi) is 3.85. The lowest BCUT2D eigenvalue weighted by atomic mass is 9.90. The first-order valence-electron chi connectivity index (χ1n) is 6.68. The third kappa shape index (κ3) is 1.97. The minimum Gasteiger partial charge on any atom is -0.399 e. The molecule has 0 aliphatic heterocycles. The predicted molar refractivity (Wildman–Crippen MR) is 80.0 cm³/mol. The van der Waals surface area contributed by atoms with Crippen LogP contribution in [-0.4, -0.2) is 4.92 Å². The highest BCUT2D eigenvalue weighted by molar-refractivity contribution is 5.63. The molecule has 1 aromatic rings. The van der Waals surface area contributed by atoms with Gasteiger partial charge in [0.05, 0.1) is 28.8 Å². The highest BCUT2D eigenvalue weighted by atomic mass is 16.6. The standard InChI is InChI=1S/C16H7N7O2/c17-5-11(6-18)14(22)16(9-21)13(15(16,7-19)8-20)10-2-1-3-12(4-10)23(24)25/h1-4,13H,22H2. The number of allylic oxidation sites excluding steroid dienone is 2. The van der Waals surface area contributed by atoms with Crippen molar-refractivity contribution in [2.75, 3.05) is 0 Å². The molecule has 0 aromatic heterocycles. The summed E-state index contributed by atoms with van der Waals surface area (Å²) < 4.78 is 0. The van der Waals surface area contributed by atoms with Crippen molar-refractivity contribution in [2.45, 2.75) is 5.92 Å². The SMILES string of the molecule is N#CC(C#N)=C(N)C1(C#N)C(c2cccc([N+](=O)[O-])c2)C1(C#N)C#N. The van der Waals surface area contributed by atoms with Crippen LogP contribution in [0, 0.1) is 77.6 Å². The number of nitro groups is 1. The number of hydrogen-bond acceptors (Lipinski definition) is 8. The van der Waals surface area contributed by atoms with Crippen molar-refractivity contribution in [1.29, 1.82) is 26.3 Å². The predicted octanol–water partition coefficient (Wildman–Crippen LogP) is 1.50. The molecule has 2 rings (SSSR count). The van der Waals surface area contributed by atoms with Crippen LogP contribution in [-0.2, 0) is 0 Å². The van der Waals surface area contributed by atoms with E-state index in [2.05, 4.69) is 0 Å². The average molecular weight is 329 g/mol. The Balaban J connectivity index is 2.79. The molecule has 118 valence electrons. The number of nitrogens with zero attached hydrogens (tertiary/aromatic N) is 6. The lowest BCUT2D eigenvalue weighted by Crippen LogP contribution is -2.20. The van der Waals surface area contributed by atoms with Crippen LogP contribution in [0.3, 0.4) is 0 Å². The van der Waals surface area contributed by atoms with Crippen LogP contribution in [0.15, 0.2) is 35.5 Å². The summed E-state index contributed by atoms with van der Waals surface area (Å²) in [6.07, 6.45) is 0. The van der Waals surface area contributed by atoms with E-state index < -0.39 is 32.9 Å². The maximum Gasteiger partial charge on any atom is 0.269 e. The van der Waals surface area contributed by atoms with Gasteiger partial charge in [0.1, 0.15) is 23.1 Å². The Bertz CT molecular complexity index is 993. The monoisotopic (exact) mass is 329 g/mol. The number of rotatable bonds is 3. The van der Waals surface area contributed by atoms with Gasteiger partial charge in [-0.2, -0.15) is 26.3 Å². The van der Waals surface area contributed by atoms with Crippen molar-refractivity contribution in [2.24, 2.45) is 16.6 Å². The van der Waals surface area contributed by atoms with Gasteiger partial charge in [0.15, 0.2) is 5.41 Å². The number of nitrogens with two attached hydrogens (primary N) is 1. The van der Waals surface area contributed by atoms with E-state index in [1.807, 2.05) is 0 Å². The van der Waals surface area contributed by atoms with Crippen LogP contribution in [0.5, 0.6) is 0 Å². The van der Waals surface area contributed by atoms with Crippen LogP contribution < -0.4 is 5.73 Å². The molecule has 0 saturated heterocycles. The summed E-state index contributed by atoms with van der Waals surface area (Å²) in [4.78, 5) is 10.3. The first-order valence-corrected chi connectivity index (χ1v) is 6.68. The molecule has 2 unspecified atom stereocenters. The molecule has 1 saturated carbocycles.